The number of benzene rings is 1. The van der Waals surface area contributed by atoms with Gasteiger partial charge in [-0.25, -0.2) is 0 Å². The third-order valence-corrected chi connectivity index (χ3v) is 5.33. The molecule has 148 valence electrons. The molecule has 0 radical (unpaired) electrons. The largest absolute Gasteiger partial charge is 0.368 e. The molecule has 0 saturated carbocycles. The van der Waals surface area contributed by atoms with Gasteiger partial charge in [-0.3, -0.25) is 14.3 Å². The Morgan fingerprint density at radius 3 is 2.75 bits per heavy atom. The number of hydrogen-bond acceptors (Lipinski definition) is 3. The van der Waals surface area contributed by atoms with E-state index < -0.39 is 5.91 Å². The van der Waals surface area contributed by atoms with Gasteiger partial charge in [-0.15, -0.1) is 0 Å². The van der Waals surface area contributed by atoms with Crippen molar-refractivity contribution in [2.24, 2.45) is 5.73 Å². The fourth-order valence-corrected chi connectivity index (χ4v) is 3.86. The lowest BCUT2D eigenvalue weighted by molar-refractivity contribution is -0.118. The number of carbonyl (C=O) groups is 2. The Hall–Kier alpha value is -2.89. The highest BCUT2D eigenvalue weighted by Gasteiger charge is 2.18. The third-order valence-electron chi connectivity index (χ3n) is 5.33. The monoisotopic (exact) mass is 380 g/mol. The molecule has 6 heteroatoms. The predicted octanol–water partition coefficient (Wildman–Crippen LogP) is 3.27. The zero-order chi connectivity index (χ0) is 20.3. The van der Waals surface area contributed by atoms with E-state index in [1.807, 2.05) is 45.0 Å². The van der Waals surface area contributed by atoms with Gasteiger partial charge in [-0.2, -0.15) is 5.10 Å². The number of aromatic nitrogens is 2. The maximum atomic E-state index is 12.8. The van der Waals surface area contributed by atoms with E-state index in [2.05, 4.69) is 16.5 Å². The minimum atomic E-state index is -0.434. The summed E-state index contributed by atoms with van der Waals surface area (Å²) in [5.41, 5.74) is 10.7. The van der Waals surface area contributed by atoms with Crippen LogP contribution in [0.4, 0.5) is 0 Å². The molecule has 28 heavy (non-hydrogen) atoms. The average Bonchev–Trinajstić information content (AvgIpc) is 2.95. The molecule has 1 heterocycles. The van der Waals surface area contributed by atoms with Gasteiger partial charge in [-0.1, -0.05) is 23.8 Å². The summed E-state index contributed by atoms with van der Waals surface area (Å²) >= 11 is 0. The van der Waals surface area contributed by atoms with Gasteiger partial charge in [0.2, 0.25) is 5.91 Å². The van der Waals surface area contributed by atoms with Crippen molar-refractivity contribution in [3.8, 4) is 11.1 Å². The third kappa shape index (κ3) is 4.32. The Morgan fingerprint density at radius 2 is 2.07 bits per heavy atom. The number of aryl methyl sites for hydroxylation is 1. The number of nitrogens with one attached hydrogen (secondary N) is 1. The van der Waals surface area contributed by atoms with E-state index in [9.17, 15) is 9.59 Å². The van der Waals surface area contributed by atoms with Gasteiger partial charge in [0.15, 0.2) is 0 Å². The number of nitrogens with two attached hydrogens (primary N) is 1. The average molecular weight is 380 g/mol. The number of primary amides is 1. The van der Waals surface area contributed by atoms with Gasteiger partial charge in [0, 0.05) is 22.9 Å². The zero-order valence-corrected chi connectivity index (χ0v) is 16.8. The van der Waals surface area contributed by atoms with Crippen molar-refractivity contribution < 1.29 is 9.59 Å². The summed E-state index contributed by atoms with van der Waals surface area (Å²) in [6.07, 6.45) is 6.83. The number of nitrogens with zero attached hydrogens (tertiary/aromatic N) is 2. The molecule has 6 nitrogen and oxygen atoms in total. The molecule has 3 N–H and O–H groups in total. The highest BCUT2D eigenvalue weighted by molar-refractivity contribution is 5.96. The first-order valence-corrected chi connectivity index (χ1v) is 9.79. The van der Waals surface area contributed by atoms with E-state index in [1.54, 1.807) is 4.68 Å². The summed E-state index contributed by atoms with van der Waals surface area (Å²) in [5, 5.41) is 7.53. The van der Waals surface area contributed by atoms with Crippen LogP contribution >= 0.6 is 0 Å². The summed E-state index contributed by atoms with van der Waals surface area (Å²) in [6, 6.07) is 7.56. The number of allylic oxidation sites excluding steroid dienone is 1. The van der Waals surface area contributed by atoms with Crippen molar-refractivity contribution in [2.45, 2.75) is 59.0 Å². The summed E-state index contributed by atoms with van der Waals surface area (Å²) in [7, 11) is 0. The van der Waals surface area contributed by atoms with E-state index in [0.29, 0.717) is 5.56 Å². The quantitative estimate of drug-likeness (QED) is 0.754. The van der Waals surface area contributed by atoms with Gasteiger partial charge >= 0.3 is 0 Å². The molecule has 0 saturated heterocycles. The number of carbonyl (C=O) groups excluding carboxylic acids is 2. The van der Waals surface area contributed by atoms with Gasteiger partial charge in [0.1, 0.15) is 6.54 Å². The SMILES string of the molecule is Cc1nn(CC(N)=O)c(C)c1-c1cccc(C(=O)NC(C)C2=CCCCC2)c1. The summed E-state index contributed by atoms with van der Waals surface area (Å²) in [5.74, 6) is -0.517. The van der Waals surface area contributed by atoms with Crippen molar-refractivity contribution >= 4 is 11.8 Å². The van der Waals surface area contributed by atoms with Crippen LogP contribution in [-0.4, -0.2) is 27.6 Å². The Kier molecular flexibility index (Phi) is 5.97. The molecule has 2 aromatic rings. The van der Waals surface area contributed by atoms with Crippen LogP contribution < -0.4 is 11.1 Å². The summed E-state index contributed by atoms with van der Waals surface area (Å²) in [6.45, 7) is 5.88. The van der Waals surface area contributed by atoms with Crippen LogP contribution in [0, 0.1) is 13.8 Å². The van der Waals surface area contributed by atoms with Crippen LogP contribution in [-0.2, 0) is 11.3 Å². The zero-order valence-electron chi connectivity index (χ0n) is 16.8. The van der Waals surface area contributed by atoms with Gasteiger partial charge < -0.3 is 11.1 Å². The summed E-state index contributed by atoms with van der Waals surface area (Å²) < 4.78 is 1.61. The van der Waals surface area contributed by atoms with Gasteiger partial charge in [-0.05, 0) is 64.2 Å². The molecular weight excluding hydrogens is 352 g/mol. The first kappa shape index (κ1) is 19.9. The topological polar surface area (TPSA) is 90.0 Å². The first-order chi connectivity index (χ1) is 13.4. The van der Waals surface area contributed by atoms with Crippen molar-refractivity contribution in [1.82, 2.24) is 15.1 Å². The highest BCUT2D eigenvalue weighted by Crippen LogP contribution is 2.28. The van der Waals surface area contributed by atoms with Crippen LogP contribution in [0.3, 0.4) is 0 Å². The molecule has 2 amide bonds. The second-order valence-corrected chi connectivity index (χ2v) is 7.47. The van der Waals surface area contributed by atoms with Gasteiger partial charge in [0.05, 0.1) is 5.69 Å². The van der Waals surface area contributed by atoms with Crippen molar-refractivity contribution in [1.29, 1.82) is 0 Å². The molecule has 1 atom stereocenters. The fourth-order valence-electron chi connectivity index (χ4n) is 3.86. The van der Waals surface area contributed by atoms with E-state index >= 15 is 0 Å². The fraction of sp³-hybridized carbons (Fsp3) is 0.409. The molecule has 0 aliphatic heterocycles. The van der Waals surface area contributed by atoms with Crippen LogP contribution in [0.1, 0.15) is 54.4 Å². The molecule has 1 aromatic carbocycles. The molecule has 0 bridgehead atoms. The molecule has 0 fully saturated rings. The molecule has 3 rings (SSSR count). The number of rotatable bonds is 6. The van der Waals surface area contributed by atoms with E-state index in [4.69, 9.17) is 5.73 Å². The highest BCUT2D eigenvalue weighted by atomic mass is 16.2. The number of amides is 2. The Balaban J connectivity index is 1.82. The minimum absolute atomic E-state index is 0.0400. The molecule has 1 unspecified atom stereocenters. The van der Waals surface area contributed by atoms with E-state index in [-0.39, 0.29) is 18.5 Å². The van der Waals surface area contributed by atoms with Crippen LogP contribution in [0.2, 0.25) is 0 Å². The van der Waals surface area contributed by atoms with E-state index in [1.165, 1.54) is 18.4 Å². The normalized spacial score (nSPS) is 15.0. The molecular formula is C22H28N4O2. The first-order valence-electron chi connectivity index (χ1n) is 9.79. The minimum Gasteiger partial charge on any atom is -0.368 e. The lowest BCUT2D eigenvalue weighted by Crippen LogP contribution is -2.34. The Bertz CT molecular complexity index is 927. The van der Waals surface area contributed by atoms with Crippen molar-refractivity contribution in [3.63, 3.8) is 0 Å². The maximum Gasteiger partial charge on any atom is 0.251 e. The Labute approximate surface area is 165 Å². The van der Waals surface area contributed by atoms with Crippen LogP contribution in [0.5, 0.6) is 0 Å². The predicted molar refractivity (Wildman–Crippen MR) is 110 cm³/mol. The standard InChI is InChI=1S/C22H28N4O2/c1-14(17-8-5-4-6-9-17)24-22(28)19-11-7-10-18(12-19)21-15(2)25-26(16(21)3)13-20(23)27/h7-8,10-12,14H,4-6,9,13H2,1-3H3,(H2,23,27)(H,24,28). The molecule has 1 aliphatic rings. The van der Waals surface area contributed by atoms with Crippen molar-refractivity contribution in [2.75, 3.05) is 0 Å². The number of hydrogen-bond donors (Lipinski definition) is 2. The van der Waals surface area contributed by atoms with Crippen molar-refractivity contribution in [3.05, 3.63) is 52.9 Å². The molecule has 1 aliphatic carbocycles. The Morgan fingerprint density at radius 1 is 1.29 bits per heavy atom. The lowest BCUT2D eigenvalue weighted by Gasteiger charge is -2.21. The van der Waals surface area contributed by atoms with Gasteiger partial charge in [0.25, 0.3) is 5.91 Å². The second-order valence-electron chi connectivity index (χ2n) is 7.47. The van der Waals surface area contributed by atoms with E-state index in [0.717, 1.165) is 35.4 Å². The second kappa shape index (κ2) is 8.42. The molecule has 1 aromatic heterocycles. The smallest absolute Gasteiger partial charge is 0.251 e. The molecule has 0 spiro atoms. The maximum absolute atomic E-state index is 12.8. The van der Waals surface area contributed by atoms with Crippen LogP contribution in [0.25, 0.3) is 11.1 Å². The summed E-state index contributed by atoms with van der Waals surface area (Å²) in [4.78, 5) is 24.0. The van der Waals surface area contributed by atoms with Crippen LogP contribution in [0.15, 0.2) is 35.9 Å². The lowest BCUT2D eigenvalue weighted by atomic mass is 9.94.